The Bertz CT molecular complexity index is 963. The zero-order valence-electron chi connectivity index (χ0n) is 16.9. The van der Waals surface area contributed by atoms with Gasteiger partial charge in [-0.1, -0.05) is 12.1 Å². The number of likely N-dealkylation sites (N-methyl/N-ethyl adjacent to an activating group) is 1. The van der Waals surface area contributed by atoms with Crippen molar-refractivity contribution < 1.29 is 17.6 Å². The fourth-order valence-corrected chi connectivity index (χ4v) is 4.44. The lowest BCUT2D eigenvalue weighted by molar-refractivity contribution is 0.0731. The molecule has 0 saturated heterocycles. The first-order chi connectivity index (χ1) is 13.5. The predicted molar refractivity (Wildman–Crippen MR) is 115 cm³/mol. The first kappa shape index (κ1) is 23.5. The van der Waals surface area contributed by atoms with Crippen molar-refractivity contribution in [1.29, 1.82) is 0 Å². The van der Waals surface area contributed by atoms with Crippen molar-refractivity contribution >= 4 is 31.9 Å². The lowest BCUT2D eigenvalue weighted by Crippen LogP contribution is -2.36. The molecule has 2 rings (SSSR count). The van der Waals surface area contributed by atoms with Crippen molar-refractivity contribution in [2.75, 3.05) is 41.3 Å². The Labute approximate surface area is 180 Å². The molecule has 0 spiro atoms. The average Bonchev–Trinajstić information content (AvgIpc) is 2.66. The Morgan fingerprint density at radius 1 is 1.00 bits per heavy atom. The van der Waals surface area contributed by atoms with Crippen molar-refractivity contribution in [3.63, 3.8) is 0 Å². The minimum absolute atomic E-state index is 0.0303. The Morgan fingerprint density at radius 3 is 2.17 bits per heavy atom. The number of halogens is 2. The van der Waals surface area contributed by atoms with Crippen molar-refractivity contribution in [3.05, 3.63) is 63.9 Å². The quantitative estimate of drug-likeness (QED) is 0.576. The first-order valence-electron chi connectivity index (χ1n) is 8.93. The van der Waals surface area contributed by atoms with Gasteiger partial charge < -0.3 is 9.80 Å². The number of amides is 1. The van der Waals surface area contributed by atoms with Gasteiger partial charge in [-0.15, -0.1) is 0 Å². The molecule has 0 aliphatic heterocycles. The Balaban J connectivity index is 2.38. The van der Waals surface area contributed by atoms with Gasteiger partial charge in [-0.3, -0.25) is 4.79 Å². The summed E-state index contributed by atoms with van der Waals surface area (Å²) in [7, 11) is 2.97. The van der Waals surface area contributed by atoms with Gasteiger partial charge in [0.05, 0.1) is 4.90 Å². The van der Waals surface area contributed by atoms with Crippen LogP contribution in [0.5, 0.6) is 0 Å². The topological polar surface area (TPSA) is 60.9 Å². The monoisotopic (exact) mass is 485 g/mol. The smallest absolute Gasteiger partial charge is 0.254 e. The summed E-state index contributed by atoms with van der Waals surface area (Å²) in [6, 6.07) is 10.5. The number of benzene rings is 2. The predicted octanol–water partition coefficient (Wildman–Crippen LogP) is 3.04. The minimum Gasteiger partial charge on any atom is -0.333 e. The van der Waals surface area contributed by atoms with Crippen LogP contribution in [0.3, 0.4) is 0 Å². The molecule has 0 fully saturated rings. The number of rotatable bonds is 8. The maximum atomic E-state index is 13.2. The summed E-state index contributed by atoms with van der Waals surface area (Å²) < 4.78 is 39.8. The van der Waals surface area contributed by atoms with Gasteiger partial charge in [0.1, 0.15) is 5.82 Å². The second-order valence-corrected chi connectivity index (χ2v) is 10.1. The lowest BCUT2D eigenvalue weighted by Gasteiger charge is -2.25. The highest BCUT2D eigenvalue weighted by Gasteiger charge is 2.24. The van der Waals surface area contributed by atoms with E-state index in [0.29, 0.717) is 24.1 Å². The highest BCUT2D eigenvalue weighted by atomic mass is 79.9. The van der Waals surface area contributed by atoms with Crippen molar-refractivity contribution in [2.24, 2.45) is 0 Å². The molecule has 9 heteroatoms. The summed E-state index contributed by atoms with van der Waals surface area (Å²) in [5.41, 5.74) is 1.06. The standard InChI is InChI=1S/C20H25BrFN3O3S/c1-23(2)11-12-25(14-15-5-8-17(22)9-6-15)20(26)16-7-10-18(21)19(13-16)29(27,28)24(3)4/h5-10,13H,11-12,14H2,1-4H3. The molecule has 158 valence electrons. The zero-order valence-corrected chi connectivity index (χ0v) is 19.3. The fourth-order valence-electron chi connectivity index (χ4n) is 2.60. The second-order valence-electron chi connectivity index (χ2n) is 7.09. The van der Waals surface area contributed by atoms with Crippen LogP contribution in [0.1, 0.15) is 15.9 Å². The molecule has 0 aliphatic carbocycles. The lowest BCUT2D eigenvalue weighted by atomic mass is 10.1. The minimum atomic E-state index is -3.71. The van der Waals surface area contributed by atoms with Crippen LogP contribution in [0.15, 0.2) is 51.8 Å². The molecule has 2 aromatic rings. The van der Waals surface area contributed by atoms with E-state index in [0.717, 1.165) is 9.87 Å². The van der Waals surface area contributed by atoms with E-state index in [-0.39, 0.29) is 22.2 Å². The molecule has 0 bridgehead atoms. The summed E-state index contributed by atoms with van der Waals surface area (Å²) in [5, 5.41) is 0. The summed E-state index contributed by atoms with van der Waals surface area (Å²) in [6.45, 7) is 1.36. The SMILES string of the molecule is CN(C)CCN(Cc1ccc(F)cc1)C(=O)c1ccc(Br)c(S(=O)(=O)N(C)C)c1. The second kappa shape index (κ2) is 9.80. The zero-order chi connectivity index (χ0) is 21.8. The van der Waals surface area contributed by atoms with Crippen LogP contribution in [-0.4, -0.2) is 69.7 Å². The van der Waals surface area contributed by atoms with E-state index in [4.69, 9.17) is 0 Å². The van der Waals surface area contributed by atoms with Crippen LogP contribution < -0.4 is 0 Å². The van der Waals surface area contributed by atoms with Gasteiger partial charge >= 0.3 is 0 Å². The molecule has 0 atom stereocenters. The molecule has 2 aromatic carbocycles. The van der Waals surface area contributed by atoms with Crippen LogP contribution in [0.25, 0.3) is 0 Å². The van der Waals surface area contributed by atoms with E-state index in [1.807, 2.05) is 19.0 Å². The molecule has 29 heavy (non-hydrogen) atoms. The van der Waals surface area contributed by atoms with Crippen LogP contribution in [-0.2, 0) is 16.6 Å². The molecule has 1 amide bonds. The number of hydrogen-bond acceptors (Lipinski definition) is 4. The summed E-state index contributed by atoms with van der Waals surface area (Å²) in [5.74, 6) is -0.634. The number of nitrogens with zero attached hydrogens (tertiary/aromatic N) is 3. The summed E-state index contributed by atoms with van der Waals surface area (Å²) in [6.07, 6.45) is 0. The van der Waals surface area contributed by atoms with Crippen molar-refractivity contribution in [3.8, 4) is 0 Å². The Kier molecular flexibility index (Phi) is 7.93. The van der Waals surface area contributed by atoms with Gasteiger partial charge in [0.15, 0.2) is 0 Å². The number of carbonyl (C=O) groups excluding carboxylic acids is 1. The maximum absolute atomic E-state index is 13.2. The van der Waals surface area contributed by atoms with Crippen LogP contribution >= 0.6 is 15.9 Å². The third-order valence-electron chi connectivity index (χ3n) is 4.33. The highest BCUT2D eigenvalue weighted by molar-refractivity contribution is 9.10. The Morgan fingerprint density at radius 2 is 1.62 bits per heavy atom. The summed E-state index contributed by atoms with van der Waals surface area (Å²) >= 11 is 3.26. The molecule has 0 saturated carbocycles. The molecule has 6 nitrogen and oxygen atoms in total. The molecule has 0 aliphatic rings. The van der Waals surface area contributed by atoms with Crippen LogP contribution in [0.2, 0.25) is 0 Å². The van der Waals surface area contributed by atoms with Crippen molar-refractivity contribution in [1.82, 2.24) is 14.1 Å². The van der Waals surface area contributed by atoms with Crippen molar-refractivity contribution in [2.45, 2.75) is 11.4 Å². The van der Waals surface area contributed by atoms with Gasteiger partial charge in [-0.2, -0.15) is 0 Å². The molecule has 0 unspecified atom stereocenters. The van der Waals surface area contributed by atoms with Gasteiger partial charge in [0.2, 0.25) is 10.0 Å². The van der Waals surface area contributed by atoms with Gasteiger partial charge in [0.25, 0.3) is 5.91 Å². The number of sulfonamides is 1. The van der Waals surface area contributed by atoms with E-state index in [9.17, 15) is 17.6 Å². The maximum Gasteiger partial charge on any atom is 0.254 e. The molecule has 0 radical (unpaired) electrons. The van der Waals surface area contributed by atoms with Gasteiger partial charge in [-0.05, 0) is 65.9 Å². The molecule has 0 heterocycles. The molecule has 0 aromatic heterocycles. The Hall–Kier alpha value is -1.81. The normalized spacial score (nSPS) is 11.9. The van der Waals surface area contributed by atoms with E-state index in [1.54, 1.807) is 29.2 Å². The summed E-state index contributed by atoms with van der Waals surface area (Å²) in [4.78, 5) is 16.8. The van der Waals surface area contributed by atoms with Crippen LogP contribution in [0, 0.1) is 5.82 Å². The van der Waals surface area contributed by atoms with E-state index in [1.165, 1.54) is 32.3 Å². The van der Waals surface area contributed by atoms with E-state index < -0.39 is 10.0 Å². The van der Waals surface area contributed by atoms with E-state index >= 15 is 0 Å². The number of hydrogen-bond donors (Lipinski definition) is 0. The molecular formula is C20H25BrFN3O3S. The number of carbonyl (C=O) groups is 1. The third-order valence-corrected chi connectivity index (χ3v) is 7.14. The van der Waals surface area contributed by atoms with E-state index in [2.05, 4.69) is 15.9 Å². The van der Waals surface area contributed by atoms with Gasteiger partial charge in [0, 0.05) is 43.8 Å². The van der Waals surface area contributed by atoms with Crippen LogP contribution in [0.4, 0.5) is 4.39 Å². The molecule has 0 N–H and O–H groups in total. The first-order valence-corrected chi connectivity index (χ1v) is 11.2. The average molecular weight is 486 g/mol. The largest absolute Gasteiger partial charge is 0.333 e. The highest BCUT2D eigenvalue weighted by Crippen LogP contribution is 2.26. The third kappa shape index (κ3) is 6.08. The fraction of sp³-hybridized carbons (Fsp3) is 0.350. The van der Waals surface area contributed by atoms with Gasteiger partial charge in [-0.25, -0.2) is 17.1 Å². The molecular weight excluding hydrogens is 461 g/mol.